The zero-order valence-corrected chi connectivity index (χ0v) is 9.51. The first-order chi connectivity index (χ1) is 8.01. The van der Waals surface area contributed by atoms with Crippen molar-refractivity contribution in [3.63, 3.8) is 0 Å². The first-order valence-corrected chi connectivity index (χ1v) is 5.77. The SMILES string of the molecule is NC1(C(=O)Cc2ccc(F)cc2F)CCCC1. The van der Waals surface area contributed by atoms with Crippen molar-refractivity contribution in [1.82, 2.24) is 0 Å². The molecule has 92 valence electrons. The van der Waals surface area contributed by atoms with Gasteiger partial charge in [0, 0.05) is 12.5 Å². The Hall–Kier alpha value is -1.29. The summed E-state index contributed by atoms with van der Waals surface area (Å²) < 4.78 is 26.1. The fourth-order valence-corrected chi connectivity index (χ4v) is 2.30. The van der Waals surface area contributed by atoms with Crippen LogP contribution >= 0.6 is 0 Å². The fourth-order valence-electron chi connectivity index (χ4n) is 2.30. The second-order valence-electron chi connectivity index (χ2n) is 4.70. The average molecular weight is 239 g/mol. The molecule has 0 unspecified atom stereocenters. The Morgan fingerprint density at radius 3 is 2.53 bits per heavy atom. The van der Waals surface area contributed by atoms with Crippen LogP contribution < -0.4 is 5.73 Å². The smallest absolute Gasteiger partial charge is 0.157 e. The van der Waals surface area contributed by atoms with Gasteiger partial charge in [-0.3, -0.25) is 4.79 Å². The molecule has 0 aromatic heterocycles. The van der Waals surface area contributed by atoms with Crippen molar-refractivity contribution in [1.29, 1.82) is 0 Å². The van der Waals surface area contributed by atoms with E-state index in [2.05, 4.69) is 0 Å². The van der Waals surface area contributed by atoms with Crippen LogP contribution in [0.15, 0.2) is 18.2 Å². The summed E-state index contributed by atoms with van der Waals surface area (Å²) in [6.45, 7) is 0. The Labute approximate surface area is 98.8 Å². The van der Waals surface area contributed by atoms with Crippen LogP contribution in [0.1, 0.15) is 31.2 Å². The molecule has 1 fully saturated rings. The largest absolute Gasteiger partial charge is 0.319 e. The van der Waals surface area contributed by atoms with Gasteiger partial charge in [0.1, 0.15) is 11.6 Å². The summed E-state index contributed by atoms with van der Waals surface area (Å²) in [7, 11) is 0. The topological polar surface area (TPSA) is 43.1 Å². The number of hydrogen-bond donors (Lipinski definition) is 1. The molecule has 2 rings (SSSR count). The predicted octanol–water partition coefficient (Wildman–Crippen LogP) is 2.35. The standard InChI is InChI=1S/C13H15F2NO/c14-10-4-3-9(11(15)8-10)7-12(17)13(16)5-1-2-6-13/h3-4,8H,1-2,5-7,16H2. The van der Waals surface area contributed by atoms with Gasteiger partial charge in [-0.1, -0.05) is 18.9 Å². The van der Waals surface area contributed by atoms with E-state index in [-0.39, 0.29) is 17.8 Å². The molecule has 0 amide bonds. The number of carbonyl (C=O) groups excluding carboxylic acids is 1. The number of nitrogens with two attached hydrogens (primary N) is 1. The van der Waals surface area contributed by atoms with E-state index in [1.807, 2.05) is 0 Å². The summed E-state index contributed by atoms with van der Waals surface area (Å²) in [4.78, 5) is 12.0. The molecule has 17 heavy (non-hydrogen) atoms. The number of halogens is 2. The van der Waals surface area contributed by atoms with Crippen molar-refractivity contribution in [2.75, 3.05) is 0 Å². The molecule has 0 spiro atoms. The molecule has 0 heterocycles. The lowest BCUT2D eigenvalue weighted by Gasteiger charge is -2.21. The number of benzene rings is 1. The Morgan fingerprint density at radius 1 is 1.29 bits per heavy atom. The van der Waals surface area contributed by atoms with Crippen LogP contribution in [0.3, 0.4) is 0 Å². The summed E-state index contributed by atoms with van der Waals surface area (Å²) in [6, 6.07) is 3.25. The Balaban J connectivity index is 2.13. The maximum atomic E-state index is 13.4. The lowest BCUT2D eigenvalue weighted by Crippen LogP contribution is -2.46. The van der Waals surface area contributed by atoms with Gasteiger partial charge >= 0.3 is 0 Å². The van der Waals surface area contributed by atoms with E-state index in [0.717, 1.165) is 25.0 Å². The van der Waals surface area contributed by atoms with E-state index in [4.69, 9.17) is 5.73 Å². The summed E-state index contributed by atoms with van der Waals surface area (Å²) in [6.07, 6.45) is 3.15. The monoisotopic (exact) mass is 239 g/mol. The van der Waals surface area contributed by atoms with Crippen molar-refractivity contribution in [2.24, 2.45) is 5.73 Å². The van der Waals surface area contributed by atoms with Crippen molar-refractivity contribution >= 4 is 5.78 Å². The molecule has 4 heteroatoms. The minimum absolute atomic E-state index is 0.0530. The second-order valence-corrected chi connectivity index (χ2v) is 4.70. The van der Waals surface area contributed by atoms with Crippen LogP contribution in [-0.2, 0) is 11.2 Å². The highest BCUT2D eigenvalue weighted by Crippen LogP contribution is 2.29. The third-order valence-corrected chi connectivity index (χ3v) is 3.42. The van der Waals surface area contributed by atoms with Crippen LogP contribution in [0.25, 0.3) is 0 Å². The molecule has 0 radical (unpaired) electrons. The molecule has 0 saturated heterocycles. The quantitative estimate of drug-likeness (QED) is 0.879. The molecule has 2 N–H and O–H groups in total. The minimum atomic E-state index is -0.805. The highest BCUT2D eigenvalue weighted by molar-refractivity contribution is 5.90. The molecular weight excluding hydrogens is 224 g/mol. The number of Topliss-reactive ketones (excluding diaryl/α,β-unsaturated/α-hetero) is 1. The van der Waals surface area contributed by atoms with Gasteiger partial charge in [-0.05, 0) is 24.5 Å². The van der Waals surface area contributed by atoms with Crippen molar-refractivity contribution in [2.45, 2.75) is 37.6 Å². The van der Waals surface area contributed by atoms with Gasteiger partial charge in [-0.15, -0.1) is 0 Å². The zero-order chi connectivity index (χ0) is 12.5. The third kappa shape index (κ3) is 2.52. The third-order valence-electron chi connectivity index (χ3n) is 3.42. The van der Waals surface area contributed by atoms with Crippen LogP contribution in [0.5, 0.6) is 0 Å². The summed E-state index contributed by atoms with van der Waals surface area (Å²) in [5.74, 6) is -1.47. The number of carbonyl (C=O) groups is 1. The van der Waals surface area contributed by atoms with Crippen molar-refractivity contribution in [3.8, 4) is 0 Å². The van der Waals surface area contributed by atoms with Crippen molar-refractivity contribution < 1.29 is 13.6 Å². The molecular formula is C13H15F2NO. The maximum absolute atomic E-state index is 13.4. The summed E-state index contributed by atoms with van der Waals surface area (Å²) in [5, 5.41) is 0. The average Bonchev–Trinajstić information content (AvgIpc) is 2.71. The van der Waals surface area contributed by atoms with Gasteiger partial charge in [0.25, 0.3) is 0 Å². The molecule has 0 bridgehead atoms. The molecule has 1 aliphatic rings. The van der Waals surface area contributed by atoms with Gasteiger partial charge in [0.2, 0.25) is 0 Å². The lowest BCUT2D eigenvalue weighted by molar-refractivity contribution is -0.123. The zero-order valence-electron chi connectivity index (χ0n) is 9.51. The predicted molar refractivity (Wildman–Crippen MR) is 60.5 cm³/mol. The first kappa shape index (κ1) is 12.2. The molecule has 1 aliphatic carbocycles. The van der Waals surface area contributed by atoms with Gasteiger partial charge in [-0.2, -0.15) is 0 Å². The highest BCUT2D eigenvalue weighted by atomic mass is 19.1. The molecule has 0 aliphatic heterocycles. The van der Waals surface area contributed by atoms with Crippen LogP contribution in [0, 0.1) is 11.6 Å². The van der Waals surface area contributed by atoms with Gasteiger partial charge in [0.05, 0.1) is 5.54 Å². The minimum Gasteiger partial charge on any atom is -0.319 e. The molecule has 2 nitrogen and oxygen atoms in total. The van der Waals surface area contributed by atoms with Gasteiger partial charge in [0.15, 0.2) is 5.78 Å². The van der Waals surface area contributed by atoms with Gasteiger partial charge in [-0.25, -0.2) is 8.78 Å². The molecule has 1 aromatic rings. The van der Waals surface area contributed by atoms with E-state index in [0.29, 0.717) is 12.8 Å². The fraction of sp³-hybridized carbons (Fsp3) is 0.462. The van der Waals surface area contributed by atoms with Crippen LogP contribution in [0.2, 0.25) is 0 Å². The lowest BCUT2D eigenvalue weighted by atomic mass is 9.89. The van der Waals surface area contributed by atoms with E-state index < -0.39 is 17.2 Å². The van der Waals surface area contributed by atoms with Gasteiger partial charge < -0.3 is 5.73 Å². The number of rotatable bonds is 3. The molecule has 1 saturated carbocycles. The first-order valence-electron chi connectivity index (χ1n) is 5.77. The van der Waals surface area contributed by atoms with Crippen LogP contribution in [-0.4, -0.2) is 11.3 Å². The number of ketones is 1. The van der Waals surface area contributed by atoms with E-state index in [9.17, 15) is 13.6 Å². The molecule has 1 aromatic carbocycles. The maximum Gasteiger partial charge on any atom is 0.157 e. The van der Waals surface area contributed by atoms with Crippen LogP contribution in [0.4, 0.5) is 8.78 Å². The van der Waals surface area contributed by atoms with Crippen molar-refractivity contribution in [3.05, 3.63) is 35.4 Å². The Morgan fingerprint density at radius 2 is 1.94 bits per heavy atom. The summed E-state index contributed by atoms with van der Waals surface area (Å²) >= 11 is 0. The Kier molecular flexibility index (Phi) is 3.24. The highest BCUT2D eigenvalue weighted by Gasteiger charge is 2.36. The van der Waals surface area contributed by atoms with E-state index >= 15 is 0 Å². The number of hydrogen-bond acceptors (Lipinski definition) is 2. The second kappa shape index (κ2) is 4.53. The summed E-state index contributed by atoms with van der Waals surface area (Å²) in [5.41, 5.74) is 5.40. The molecule has 0 atom stereocenters. The normalized spacial score (nSPS) is 18.3. The van der Waals surface area contributed by atoms with E-state index in [1.54, 1.807) is 0 Å². The van der Waals surface area contributed by atoms with E-state index in [1.165, 1.54) is 6.07 Å². The Bertz CT molecular complexity index is 439.